The van der Waals surface area contributed by atoms with Crippen LogP contribution in [0.5, 0.6) is 11.5 Å². The van der Waals surface area contributed by atoms with Gasteiger partial charge in [0.15, 0.2) is 11.5 Å². The van der Waals surface area contributed by atoms with E-state index in [4.69, 9.17) is 9.47 Å². The Morgan fingerprint density at radius 1 is 1.08 bits per heavy atom. The molecule has 0 bridgehead atoms. The van der Waals surface area contributed by atoms with Gasteiger partial charge < -0.3 is 14.8 Å². The van der Waals surface area contributed by atoms with Gasteiger partial charge >= 0.3 is 0 Å². The highest BCUT2D eigenvalue weighted by Gasteiger charge is 2.29. The predicted molar refractivity (Wildman–Crippen MR) is 130 cm³/mol. The molecule has 2 heterocycles. The lowest BCUT2D eigenvalue weighted by molar-refractivity contribution is -0.126. The molecule has 190 valence electrons. The first-order chi connectivity index (χ1) is 17.3. The lowest BCUT2D eigenvalue weighted by Crippen LogP contribution is -2.49. The van der Waals surface area contributed by atoms with E-state index in [1.807, 2.05) is 0 Å². The molecular weight excluding hydrogens is 467 g/mol. The van der Waals surface area contributed by atoms with Crippen molar-refractivity contribution >= 4 is 17.5 Å². The van der Waals surface area contributed by atoms with Gasteiger partial charge in [-0.25, -0.2) is 4.39 Å². The Kier molecular flexibility index (Phi) is 7.77. The first-order valence-electron chi connectivity index (χ1n) is 11.8. The molecule has 0 fully saturated rings. The predicted octanol–water partition coefficient (Wildman–Crippen LogP) is 2.83. The van der Waals surface area contributed by atoms with Crippen LogP contribution >= 0.6 is 0 Å². The highest BCUT2D eigenvalue weighted by atomic mass is 19.1. The zero-order valence-corrected chi connectivity index (χ0v) is 20.5. The van der Waals surface area contributed by atoms with Crippen LogP contribution in [0.3, 0.4) is 0 Å². The number of aromatic nitrogens is 4. The number of benzene rings is 2. The number of amides is 2. The molecule has 1 atom stereocenters. The van der Waals surface area contributed by atoms with Crippen LogP contribution in [0.25, 0.3) is 11.4 Å². The van der Waals surface area contributed by atoms with Crippen molar-refractivity contribution in [3.63, 3.8) is 0 Å². The van der Waals surface area contributed by atoms with Gasteiger partial charge in [0.1, 0.15) is 31.6 Å². The summed E-state index contributed by atoms with van der Waals surface area (Å²) in [7, 11) is 0. The molecule has 0 radical (unpaired) electrons. The van der Waals surface area contributed by atoms with Gasteiger partial charge in [0, 0.05) is 23.9 Å². The van der Waals surface area contributed by atoms with E-state index >= 15 is 0 Å². The van der Waals surface area contributed by atoms with Gasteiger partial charge in [0.25, 0.3) is 5.91 Å². The lowest BCUT2D eigenvalue weighted by atomic mass is 10.1. The molecule has 3 aromatic rings. The Balaban J connectivity index is 1.56. The number of carbonyl (C=O) groups is 2. The van der Waals surface area contributed by atoms with E-state index in [2.05, 4.69) is 34.6 Å². The van der Waals surface area contributed by atoms with Crippen molar-refractivity contribution < 1.29 is 23.5 Å². The highest BCUT2D eigenvalue weighted by Crippen LogP contribution is 2.34. The Bertz CT molecular complexity index is 1210. The van der Waals surface area contributed by atoms with Crippen LogP contribution in [0.2, 0.25) is 0 Å². The van der Waals surface area contributed by atoms with Crippen molar-refractivity contribution in [1.29, 1.82) is 0 Å². The third-order valence-corrected chi connectivity index (χ3v) is 5.69. The van der Waals surface area contributed by atoms with Crippen molar-refractivity contribution in [2.75, 3.05) is 24.7 Å². The number of hydrogen-bond donors (Lipinski definition) is 1. The van der Waals surface area contributed by atoms with Gasteiger partial charge in [-0.3, -0.25) is 14.5 Å². The van der Waals surface area contributed by atoms with Crippen molar-refractivity contribution in [3.8, 4) is 22.9 Å². The second-order valence-corrected chi connectivity index (χ2v) is 8.89. The first-order valence-corrected chi connectivity index (χ1v) is 11.8. The molecule has 2 aromatic carbocycles. The van der Waals surface area contributed by atoms with E-state index < -0.39 is 11.9 Å². The van der Waals surface area contributed by atoms with E-state index in [9.17, 15) is 14.0 Å². The van der Waals surface area contributed by atoms with Crippen LogP contribution in [0, 0.1) is 11.7 Å². The van der Waals surface area contributed by atoms with Gasteiger partial charge in [0.05, 0.1) is 0 Å². The maximum absolute atomic E-state index is 13.5. The van der Waals surface area contributed by atoms with Crippen LogP contribution in [-0.2, 0) is 16.1 Å². The standard InChI is InChI=1S/C25H29FN6O4/c1-16(2)10-11-27-25(34)17(3)32(20-8-9-21-22(14-20)36-13-12-35-21)23(33)15-31-29-24(28-30-31)18-4-6-19(26)7-5-18/h4-9,14,16-17H,10-13,15H2,1-3H3,(H,27,34)/t17-/m1/s1. The fourth-order valence-corrected chi connectivity index (χ4v) is 3.74. The molecule has 1 aliphatic heterocycles. The first kappa shape index (κ1) is 25.1. The average Bonchev–Trinajstić information content (AvgIpc) is 3.32. The van der Waals surface area contributed by atoms with Crippen LogP contribution in [-0.4, -0.2) is 57.8 Å². The van der Waals surface area contributed by atoms with E-state index in [1.165, 1.54) is 29.2 Å². The van der Waals surface area contributed by atoms with Crippen LogP contribution in [0.15, 0.2) is 42.5 Å². The number of fused-ring (bicyclic) bond motifs is 1. The Hall–Kier alpha value is -4.02. The molecule has 0 saturated carbocycles. The Morgan fingerprint density at radius 3 is 2.53 bits per heavy atom. The largest absolute Gasteiger partial charge is 0.486 e. The summed E-state index contributed by atoms with van der Waals surface area (Å²) in [4.78, 5) is 29.0. The monoisotopic (exact) mass is 496 g/mol. The van der Waals surface area contributed by atoms with Crippen LogP contribution in [0.4, 0.5) is 10.1 Å². The quantitative estimate of drug-likeness (QED) is 0.485. The number of rotatable bonds is 9. The minimum atomic E-state index is -0.813. The van der Waals surface area contributed by atoms with Gasteiger partial charge in [0.2, 0.25) is 11.7 Å². The van der Waals surface area contributed by atoms with Crippen molar-refractivity contribution in [2.24, 2.45) is 5.92 Å². The van der Waals surface area contributed by atoms with E-state index in [1.54, 1.807) is 25.1 Å². The second-order valence-electron chi connectivity index (χ2n) is 8.89. The Morgan fingerprint density at radius 2 is 1.81 bits per heavy atom. The molecule has 1 aliphatic rings. The smallest absolute Gasteiger partial charge is 0.251 e. The third-order valence-electron chi connectivity index (χ3n) is 5.69. The number of tetrazole rings is 1. The molecule has 0 spiro atoms. The topological polar surface area (TPSA) is 111 Å². The third kappa shape index (κ3) is 5.96. The van der Waals surface area contributed by atoms with E-state index in [0.29, 0.717) is 48.4 Å². The Labute approximate surface area is 208 Å². The zero-order valence-electron chi connectivity index (χ0n) is 20.5. The molecule has 1 aromatic heterocycles. The van der Waals surface area contributed by atoms with E-state index in [0.717, 1.165) is 11.2 Å². The number of nitrogens with one attached hydrogen (secondary N) is 1. The minimum absolute atomic E-state index is 0.258. The van der Waals surface area contributed by atoms with E-state index in [-0.39, 0.29) is 24.1 Å². The molecule has 10 nitrogen and oxygen atoms in total. The van der Waals surface area contributed by atoms with Gasteiger partial charge in [-0.05, 0) is 60.9 Å². The number of hydrogen-bond acceptors (Lipinski definition) is 7. The molecule has 0 saturated heterocycles. The summed E-state index contributed by atoms with van der Waals surface area (Å²) >= 11 is 0. The lowest BCUT2D eigenvalue weighted by Gasteiger charge is -2.29. The maximum atomic E-state index is 13.5. The normalized spacial score (nSPS) is 13.4. The number of carbonyl (C=O) groups excluding carboxylic acids is 2. The summed E-state index contributed by atoms with van der Waals surface area (Å²) in [6.45, 7) is 6.90. The molecule has 0 unspecified atom stereocenters. The van der Waals surface area contributed by atoms with Crippen molar-refractivity contribution in [2.45, 2.75) is 39.8 Å². The maximum Gasteiger partial charge on any atom is 0.251 e. The molecule has 2 amide bonds. The molecule has 1 N–H and O–H groups in total. The van der Waals surface area contributed by atoms with Crippen molar-refractivity contribution in [1.82, 2.24) is 25.5 Å². The highest BCUT2D eigenvalue weighted by molar-refractivity contribution is 6.00. The van der Waals surface area contributed by atoms with Gasteiger partial charge in [-0.15, -0.1) is 10.2 Å². The van der Waals surface area contributed by atoms with Crippen molar-refractivity contribution in [3.05, 3.63) is 48.3 Å². The summed E-state index contributed by atoms with van der Waals surface area (Å²) in [5.74, 6) is 0.698. The van der Waals surface area contributed by atoms with Crippen LogP contribution < -0.4 is 19.7 Å². The average molecular weight is 497 g/mol. The molecular formula is C25H29FN6O4. The van der Waals surface area contributed by atoms with Gasteiger partial charge in [-0.1, -0.05) is 13.8 Å². The molecule has 11 heteroatoms. The van der Waals surface area contributed by atoms with Gasteiger partial charge in [-0.2, -0.15) is 4.80 Å². The molecule has 36 heavy (non-hydrogen) atoms. The number of nitrogens with zero attached hydrogens (tertiary/aromatic N) is 5. The summed E-state index contributed by atoms with van der Waals surface area (Å²) in [5.41, 5.74) is 1.05. The summed E-state index contributed by atoms with van der Waals surface area (Å²) < 4.78 is 24.5. The molecule has 4 rings (SSSR count). The number of anilines is 1. The molecule has 0 aliphatic carbocycles. The number of ether oxygens (including phenoxy) is 2. The summed E-state index contributed by atoms with van der Waals surface area (Å²) in [5, 5.41) is 15.1. The summed E-state index contributed by atoms with van der Waals surface area (Å²) in [6, 6.07) is 9.95. The fourth-order valence-electron chi connectivity index (χ4n) is 3.74. The fraction of sp³-hybridized carbons (Fsp3) is 0.400. The number of halogens is 1. The van der Waals surface area contributed by atoms with Crippen LogP contribution in [0.1, 0.15) is 27.2 Å². The second kappa shape index (κ2) is 11.1. The minimum Gasteiger partial charge on any atom is -0.486 e. The zero-order chi connectivity index (χ0) is 25.7. The SMILES string of the molecule is CC(C)CCNC(=O)[C@@H](C)N(C(=O)Cn1nnc(-c2ccc(F)cc2)n1)c1ccc2c(c1)OCCO2. The summed E-state index contributed by atoms with van der Waals surface area (Å²) in [6.07, 6.45) is 0.825.